The van der Waals surface area contributed by atoms with Gasteiger partial charge in [-0.05, 0) is 61.8 Å². The van der Waals surface area contributed by atoms with E-state index in [1.807, 2.05) is 10.6 Å². The average molecular weight is 593 g/mol. The van der Waals surface area contributed by atoms with E-state index in [4.69, 9.17) is 19.6 Å². The summed E-state index contributed by atoms with van der Waals surface area (Å²) in [5.41, 5.74) is 5.69. The van der Waals surface area contributed by atoms with Gasteiger partial charge < -0.3 is 24.3 Å². The lowest BCUT2D eigenvalue weighted by Gasteiger charge is -2.59. The fraction of sp³-hybridized carbons (Fsp3) is 0.514. The third-order valence-corrected chi connectivity index (χ3v) is 11.6. The Balaban J connectivity index is 0.865. The van der Waals surface area contributed by atoms with Crippen molar-refractivity contribution >= 4 is 17.0 Å². The Morgan fingerprint density at radius 1 is 1.05 bits per heavy atom. The molecule has 7 heterocycles. The Morgan fingerprint density at radius 2 is 1.89 bits per heavy atom. The van der Waals surface area contributed by atoms with Gasteiger partial charge in [0.1, 0.15) is 5.60 Å². The monoisotopic (exact) mass is 592 g/mol. The average Bonchev–Trinajstić information content (AvgIpc) is 3.76. The van der Waals surface area contributed by atoms with Gasteiger partial charge in [-0.3, -0.25) is 4.79 Å². The molecule has 0 amide bonds. The van der Waals surface area contributed by atoms with Gasteiger partial charge in [0.25, 0.3) is 0 Å². The molecule has 2 bridgehead atoms. The van der Waals surface area contributed by atoms with Crippen molar-refractivity contribution in [2.45, 2.75) is 56.7 Å². The molecule has 9 nitrogen and oxygen atoms in total. The highest BCUT2D eigenvalue weighted by Gasteiger charge is 2.64. The number of fused-ring (bicyclic) bond motifs is 2. The van der Waals surface area contributed by atoms with Gasteiger partial charge in [-0.25, -0.2) is 9.50 Å². The number of hydrogen-bond acceptors (Lipinski definition) is 7. The number of nitrogens with zero attached hydrogens (tertiary/aromatic N) is 5. The Hall–Kier alpha value is -3.69. The number of anilines is 2. The summed E-state index contributed by atoms with van der Waals surface area (Å²) in [7, 11) is 0. The molecule has 1 spiro atoms. The van der Waals surface area contributed by atoms with Crippen LogP contribution in [0.4, 0.5) is 11.4 Å². The standard InChI is InChI=1S/C35H40N6O3/c1-23-12-27(39-11-9-33(2,20-39)25-6-4-3-5-7-25)17-41-31(23)37-32(38-41)35-14-24(18-44-35)29(35)19-43-28-15-34(16-28)21-40(22-34)26-8-10-36-30(42)13-26/h3-8,10,12-13,17,24,28-29H,9,11,14-16,18-22H2,1-2H3,(H,36,42)/t24?,29?,33-,35?/m0/s1. The van der Waals surface area contributed by atoms with Crippen molar-refractivity contribution < 1.29 is 9.47 Å². The molecule has 1 N–H and O–H groups in total. The molecule has 4 aromatic rings. The molecule has 2 aliphatic carbocycles. The number of aryl methyl sites for hydroxylation is 1. The van der Waals surface area contributed by atoms with Gasteiger partial charge in [0.2, 0.25) is 5.56 Å². The van der Waals surface area contributed by atoms with Gasteiger partial charge in [0.15, 0.2) is 11.5 Å². The molecule has 6 fully saturated rings. The lowest BCUT2D eigenvalue weighted by molar-refractivity contribution is -0.146. The van der Waals surface area contributed by atoms with E-state index in [9.17, 15) is 4.79 Å². The molecule has 4 aliphatic heterocycles. The van der Waals surface area contributed by atoms with Crippen molar-refractivity contribution in [3.8, 4) is 0 Å². The molecule has 10 rings (SSSR count). The molecule has 2 saturated carbocycles. The Bertz CT molecular complexity index is 1780. The summed E-state index contributed by atoms with van der Waals surface area (Å²) in [4.78, 5) is 24.2. The molecular formula is C35H40N6O3. The molecule has 44 heavy (non-hydrogen) atoms. The molecule has 0 radical (unpaired) electrons. The van der Waals surface area contributed by atoms with Crippen LogP contribution in [0.5, 0.6) is 0 Å². The van der Waals surface area contributed by atoms with Crippen molar-refractivity contribution in [3.05, 3.63) is 88.2 Å². The minimum atomic E-state index is -0.433. The van der Waals surface area contributed by atoms with Gasteiger partial charge >= 0.3 is 0 Å². The first kappa shape index (κ1) is 26.7. The number of aromatic nitrogens is 4. The molecule has 9 heteroatoms. The van der Waals surface area contributed by atoms with E-state index in [-0.39, 0.29) is 11.0 Å². The van der Waals surface area contributed by atoms with Crippen molar-refractivity contribution in [2.24, 2.45) is 17.3 Å². The molecule has 3 aromatic heterocycles. The summed E-state index contributed by atoms with van der Waals surface area (Å²) in [6.07, 6.45) is 8.47. The summed E-state index contributed by atoms with van der Waals surface area (Å²) < 4.78 is 15.0. The van der Waals surface area contributed by atoms with Crippen LogP contribution in [0.25, 0.3) is 5.65 Å². The topological polar surface area (TPSA) is 88.0 Å². The quantitative estimate of drug-likeness (QED) is 0.340. The number of ether oxygens (including phenoxy) is 2. The second-order valence-electron chi connectivity index (χ2n) is 14.6. The van der Waals surface area contributed by atoms with Gasteiger partial charge in [0, 0.05) is 60.9 Å². The predicted molar refractivity (Wildman–Crippen MR) is 168 cm³/mol. The summed E-state index contributed by atoms with van der Waals surface area (Å²) >= 11 is 0. The first-order valence-electron chi connectivity index (χ1n) is 16.2. The highest BCUT2D eigenvalue weighted by Crippen LogP contribution is 2.60. The van der Waals surface area contributed by atoms with Gasteiger partial charge in [-0.1, -0.05) is 37.3 Å². The van der Waals surface area contributed by atoms with Crippen LogP contribution in [0.15, 0.2) is 65.7 Å². The Labute approximate surface area is 257 Å². The maximum absolute atomic E-state index is 11.7. The van der Waals surface area contributed by atoms with Crippen molar-refractivity contribution in [1.82, 2.24) is 19.6 Å². The Kier molecular flexibility index (Phi) is 5.71. The number of rotatable bonds is 7. The van der Waals surface area contributed by atoms with E-state index in [0.29, 0.717) is 30.0 Å². The van der Waals surface area contributed by atoms with E-state index in [2.05, 4.69) is 71.2 Å². The Morgan fingerprint density at radius 3 is 2.68 bits per heavy atom. The van der Waals surface area contributed by atoms with E-state index < -0.39 is 5.60 Å². The van der Waals surface area contributed by atoms with E-state index >= 15 is 0 Å². The first-order chi connectivity index (χ1) is 21.3. The fourth-order valence-corrected chi connectivity index (χ4v) is 8.93. The second-order valence-corrected chi connectivity index (χ2v) is 14.6. The minimum absolute atomic E-state index is 0.0433. The van der Waals surface area contributed by atoms with Crippen LogP contribution in [0.2, 0.25) is 0 Å². The zero-order valence-electron chi connectivity index (χ0n) is 25.5. The maximum atomic E-state index is 11.7. The highest BCUT2D eigenvalue weighted by atomic mass is 16.5. The van der Waals surface area contributed by atoms with Gasteiger partial charge in [-0.2, -0.15) is 0 Å². The molecular weight excluding hydrogens is 552 g/mol. The van der Waals surface area contributed by atoms with E-state index in [1.165, 1.54) is 11.3 Å². The third-order valence-electron chi connectivity index (χ3n) is 11.6. The number of benzene rings is 1. The molecule has 1 aromatic carbocycles. The van der Waals surface area contributed by atoms with Gasteiger partial charge in [-0.15, -0.1) is 5.10 Å². The zero-order valence-corrected chi connectivity index (χ0v) is 25.5. The van der Waals surface area contributed by atoms with Crippen LogP contribution in [0.1, 0.15) is 49.6 Å². The van der Waals surface area contributed by atoms with Crippen LogP contribution in [0.3, 0.4) is 0 Å². The summed E-state index contributed by atoms with van der Waals surface area (Å²) in [5, 5.41) is 5.06. The first-order valence-corrected chi connectivity index (χ1v) is 16.2. The molecule has 4 saturated heterocycles. The zero-order chi connectivity index (χ0) is 29.7. The lowest BCUT2D eigenvalue weighted by Crippen LogP contribution is -2.64. The fourth-order valence-electron chi connectivity index (χ4n) is 8.93. The highest BCUT2D eigenvalue weighted by molar-refractivity contribution is 5.58. The second kappa shape index (κ2) is 9.41. The molecule has 228 valence electrons. The van der Waals surface area contributed by atoms with Crippen molar-refractivity contribution in [2.75, 3.05) is 49.2 Å². The third kappa shape index (κ3) is 4.01. The maximum Gasteiger partial charge on any atom is 0.249 e. The van der Waals surface area contributed by atoms with Gasteiger partial charge in [0.05, 0.1) is 31.2 Å². The number of hydrogen-bond donors (Lipinski definition) is 1. The number of aromatic amines is 1. The summed E-state index contributed by atoms with van der Waals surface area (Å²) in [6, 6.07) is 16.8. The van der Waals surface area contributed by atoms with E-state index in [1.54, 1.807) is 12.3 Å². The van der Waals surface area contributed by atoms with Crippen LogP contribution >= 0.6 is 0 Å². The van der Waals surface area contributed by atoms with Crippen LogP contribution in [0, 0.1) is 24.2 Å². The number of H-pyrrole nitrogens is 1. The molecule has 3 unspecified atom stereocenters. The largest absolute Gasteiger partial charge is 0.378 e. The smallest absolute Gasteiger partial charge is 0.249 e. The minimum Gasteiger partial charge on any atom is -0.378 e. The number of nitrogens with one attached hydrogen (secondary N) is 1. The normalized spacial score (nSPS) is 30.5. The van der Waals surface area contributed by atoms with Crippen LogP contribution < -0.4 is 15.4 Å². The summed E-state index contributed by atoms with van der Waals surface area (Å²) in [6.45, 7) is 10.0. The van der Waals surface area contributed by atoms with Crippen molar-refractivity contribution in [3.63, 3.8) is 0 Å². The lowest BCUT2D eigenvalue weighted by atomic mass is 9.61. The van der Waals surface area contributed by atoms with Crippen molar-refractivity contribution in [1.29, 1.82) is 0 Å². The number of pyridine rings is 2. The molecule has 6 aliphatic rings. The van der Waals surface area contributed by atoms with E-state index in [0.717, 1.165) is 81.2 Å². The van der Waals surface area contributed by atoms with Crippen LogP contribution in [-0.2, 0) is 20.5 Å². The molecule has 4 atom stereocenters. The van der Waals surface area contributed by atoms with Crippen LogP contribution in [-0.4, -0.2) is 65.1 Å². The summed E-state index contributed by atoms with van der Waals surface area (Å²) in [5.74, 6) is 1.63. The predicted octanol–water partition coefficient (Wildman–Crippen LogP) is 4.44. The SMILES string of the molecule is Cc1cc(N2CC[C@](C)(c3ccccc3)C2)cn2nc(C34CC(CO3)C4COC3CC4(C3)CN(c3cc[nH]c(=O)c3)C4)nc12.